The second-order valence-corrected chi connectivity index (χ2v) is 2.71. The van der Waals surface area contributed by atoms with E-state index in [9.17, 15) is 4.79 Å². The molecule has 0 saturated heterocycles. The highest BCUT2D eigenvalue weighted by atomic mass is 35.5. The third-order valence-corrected chi connectivity index (χ3v) is 1.37. The Balaban J connectivity index is 3.79. The minimum absolute atomic E-state index is 0.350. The van der Waals surface area contributed by atoms with Crippen molar-refractivity contribution in [1.29, 1.82) is 0 Å². The van der Waals surface area contributed by atoms with Gasteiger partial charge in [-0.15, -0.1) is 0 Å². The van der Waals surface area contributed by atoms with Gasteiger partial charge >= 0.3 is 6.09 Å². The molecule has 4 heteroatoms. The molecule has 0 N–H and O–H groups in total. The van der Waals surface area contributed by atoms with Gasteiger partial charge in [-0.1, -0.05) is 11.6 Å². The summed E-state index contributed by atoms with van der Waals surface area (Å²) in [6.45, 7) is 6.70. The highest BCUT2D eigenvalue weighted by molar-refractivity contribution is 6.19. The standard InChI is InChI=1S/C7H14ClNO2/c1-4-9(5-2)7(10)11-6(3)8/h6H,4-5H2,1-3H3. The lowest BCUT2D eigenvalue weighted by atomic mass is 10.5. The quantitative estimate of drug-likeness (QED) is 0.621. The molecular formula is C7H14ClNO2. The Labute approximate surface area is 72.3 Å². The van der Waals surface area contributed by atoms with E-state index in [1.165, 1.54) is 0 Å². The van der Waals surface area contributed by atoms with Crippen molar-refractivity contribution >= 4 is 17.7 Å². The maximum atomic E-state index is 11.0. The van der Waals surface area contributed by atoms with Crippen molar-refractivity contribution in [3.63, 3.8) is 0 Å². The lowest BCUT2D eigenvalue weighted by Gasteiger charge is -2.18. The first-order valence-corrected chi connectivity index (χ1v) is 4.15. The van der Waals surface area contributed by atoms with Gasteiger partial charge in [0.2, 0.25) is 0 Å². The predicted molar refractivity (Wildman–Crippen MR) is 44.7 cm³/mol. The summed E-state index contributed by atoms with van der Waals surface area (Å²) >= 11 is 5.46. The van der Waals surface area contributed by atoms with Crippen LogP contribution in [0.25, 0.3) is 0 Å². The van der Waals surface area contributed by atoms with Crippen LogP contribution >= 0.6 is 11.6 Å². The molecule has 0 aromatic rings. The molecule has 1 atom stereocenters. The van der Waals surface area contributed by atoms with Crippen LogP contribution in [0.15, 0.2) is 0 Å². The number of hydrogen-bond donors (Lipinski definition) is 0. The first-order valence-electron chi connectivity index (χ1n) is 3.71. The molecule has 0 bridgehead atoms. The second kappa shape index (κ2) is 5.24. The third kappa shape index (κ3) is 4.09. The van der Waals surface area contributed by atoms with E-state index in [1.807, 2.05) is 13.8 Å². The van der Waals surface area contributed by atoms with E-state index in [-0.39, 0.29) is 6.09 Å². The summed E-state index contributed by atoms with van der Waals surface area (Å²) in [4.78, 5) is 12.6. The molecule has 0 radical (unpaired) electrons. The Morgan fingerprint density at radius 3 is 2.27 bits per heavy atom. The molecule has 1 unspecified atom stereocenters. The summed E-state index contributed by atoms with van der Waals surface area (Å²) in [7, 11) is 0. The molecule has 0 heterocycles. The summed E-state index contributed by atoms with van der Waals surface area (Å²) in [6.07, 6.45) is -0.350. The van der Waals surface area contributed by atoms with E-state index in [2.05, 4.69) is 0 Å². The minimum atomic E-state index is -0.553. The Hall–Kier alpha value is -0.440. The fourth-order valence-electron chi connectivity index (χ4n) is 0.695. The minimum Gasteiger partial charge on any atom is -0.430 e. The maximum Gasteiger partial charge on any atom is 0.411 e. The van der Waals surface area contributed by atoms with Gasteiger partial charge in [-0.05, 0) is 20.8 Å². The number of rotatable bonds is 3. The van der Waals surface area contributed by atoms with E-state index in [0.29, 0.717) is 13.1 Å². The molecule has 0 aliphatic rings. The van der Waals surface area contributed by atoms with Crippen molar-refractivity contribution in [2.24, 2.45) is 0 Å². The molecule has 0 fully saturated rings. The molecule has 3 nitrogen and oxygen atoms in total. The molecule has 0 spiro atoms. The zero-order chi connectivity index (χ0) is 8.85. The molecule has 0 saturated carbocycles. The Bertz CT molecular complexity index is 124. The lowest BCUT2D eigenvalue weighted by molar-refractivity contribution is 0.0994. The molecule has 11 heavy (non-hydrogen) atoms. The van der Waals surface area contributed by atoms with E-state index < -0.39 is 5.56 Å². The lowest BCUT2D eigenvalue weighted by Crippen LogP contribution is -2.32. The summed E-state index contributed by atoms with van der Waals surface area (Å²) in [6, 6.07) is 0. The number of nitrogens with zero attached hydrogens (tertiary/aromatic N) is 1. The van der Waals surface area contributed by atoms with Crippen LogP contribution in [0.4, 0.5) is 4.79 Å². The smallest absolute Gasteiger partial charge is 0.411 e. The number of ether oxygens (including phenoxy) is 1. The van der Waals surface area contributed by atoms with Gasteiger partial charge < -0.3 is 9.64 Å². The topological polar surface area (TPSA) is 29.5 Å². The van der Waals surface area contributed by atoms with Crippen molar-refractivity contribution in [2.45, 2.75) is 26.3 Å². The molecule has 1 amide bonds. The van der Waals surface area contributed by atoms with Gasteiger partial charge in [0.05, 0.1) is 0 Å². The number of amides is 1. The Morgan fingerprint density at radius 1 is 1.55 bits per heavy atom. The summed E-state index contributed by atoms with van der Waals surface area (Å²) in [5.41, 5.74) is -0.553. The Morgan fingerprint density at radius 2 is 2.00 bits per heavy atom. The van der Waals surface area contributed by atoms with Crippen molar-refractivity contribution in [3.05, 3.63) is 0 Å². The van der Waals surface area contributed by atoms with Crippen LogP contribution in [-0.2, 0) is 4.74 Å². The van der Waals surface area contributed by atoms with E-state index in [0.717, 1.165) is 0 Å². The molecule has 0 aliphatic carbocycles. The highest BCUT2D eigenvalue weighted by Crippen LogP contribution is 2.00. The zero-order valence-corrected chi connectivity index (χ0v) is 7.89. The molecule has 0 rings (SSSR count). The van der Waals surface area contributed by atoms with Crippen LogP contribution < -0.4 is 0 Å². The number of carbonyl (C=O) groups excluding carboxylic acids is 1. The third-order valence-electron chi connectivity index (χ3n) is 1.28. The average molecular weight is 180 g/mol. The van der Waals surface area contributed by atoms with Gasteiger partial charge in [-0.2, -0.15) is 0 Å². The van der Waals surface area contributed by atoms with Crippen molar-refractivity contribution < 1.29 is 9.53 Å². The normalized spacial score (nSPS) is 12.4. The summed E-state index contributed by atoms with van der Waals surface area (Å²) in [5.74, 6) is 0. The van der Waals surface area contributed by atoms with Gasteiger partial charge in [0.25, 0.3) is 0 Å². The first kappa shape index (κ1) is 10.6. The van der Waals surface area contributed by atoms with Gasteiger partial charge in [-0.3, -0.25) is 0 Å². The summed E-state index contributed by atoms with van der Waals surface area (Å²) < 4.78 is 4.75. The monoisotopic (exact) mass is 179 g/mol. The van der Waals surface area contributed by atoms with Gasteiger partial charge in [0, 0.05) is 13.1 Å². The van der Waals surface area contributed by atoms with Gasteiger partial charge in [0.1, 0.15) is 0 Å². The van der Waals surface area contributed by atoms with Crippen molar-refractivity contribution in [3.8, 4) is 0 Å². The SMILES string of the molecule is CCN(CC)C(=O)OC(C)Cl. The molecule has 0 aromatic heterocycles. The zero-order valence-electron chi connectivity index (χ0n) is 7.13. The van der Waals surface area contributed by atoms with Crippen LogP contribution in [0.2, 0.25) is 0 Å². The molecule has 66 valence electrons. The van der Waals surface area contributed by atoms with Gasteiger partial charge in [0.15, 0.2) is 5.56 Å². The van der Waals surface area contributed by atoms with Gasteiger partial charge in [-0.25, -0.2) is 4.79 Å². The van der Waals surface area contributed by atoms with E-state index >= 15 is 0 Å². The van der Waals surface area contributed by atoms with Crippen LogP contribution in [0.1, 0.15) is 20.8 Å². The Kier molecular flexibility index (Phi) is 5.03. The van der Waals surface area contributed by atoms with Crippen LogP contribution in [0.5, 0.6) is 0 Å². The summed E-state index contributed by atoms with van der Waals surface area (Å²) in [5, 5.41) is 0. The number of alkyl halides is 1. The fourth-order valence-corrected chi connectivity index (χ4v) is 0.771. The average Bonchev–Trinajstić information content (AvgIpc) is 1.88. The molecular weight excluding hydrogens is 166 g/mol. The van der Waals surface area contributed by atoms with E-state index in [1.54, 1.807) is 11.8 Å². The van der Waals surface area contributed by atoms with Crippen LogP contribution in [-0.4, -0.2) is 29.6 Å². The second-order valence-electron chi connectivity index (χ2n) is 2.10. The van der Waals surface area contributed by atoms with Crippen LogP contribution in [0.3, 0.4) is 0 Å². The van der Waals surface area contributed by atoms with E-state index in [4.69, 9.17) is 16.3 Å². The van der Waals surface area contributed by atoms with Crippen LogP contribution in [0, 0.1) is 0 Å². The van der Waals surface area contributed by atoms with Crippen molar-refractivity contribution in [2.75, 3.05) is 13.1 Å². The molecule has 0 aliphatic heterocycles. The van der Waals surface area contributed by atoms with Crippen molar-refractivity contribution in [1.82, 2.24) is 4.90 Å². The fraction of sp³-hybridized carbons (Fsp3) is 0.857. The number of carbonyl (C=O) groups is 1. The maximum absolute atomic E-state index is 11.0. The molecule has 0 aromatic carbocycles. The number of hydrogen-bond acceptors (Lipinski definition) is 2. The first-order chi connectivity index (χ1) is 5.11. The largest absolute Gasteiger partial charge is 0.430 e. The predicted octanol–water partition coefficient (Wildman–Crippen LogP) is 2.05. The number of halogens is 1. The highest BCUT2D eigenvalue weighted by Gasteiger charge is 2.12.